The Morgan fingerprint density at radius 3 is 2.32 bits per heavy atom. The second-order valence-electron chi connectivity index (χ2n) is 5.94. The predicted octanol–water partition coefficient (Wildman–Crippen LogP) is 2.67. The molecule has 0 amide bonds. The fourth-order valence-corrected chi connectivity index (χ4v) is 2.95. The molecule has 0 atom stereocenters. The number of rotatable bonds is 6. The average molecular weight is 388 g/mol. The van der Waals surface area contributed by atoms with Gasteiger partial charge < -0.3 is 23.8 Å². The van der Waals surface area contributed by atoms with Crippen molar-refractivity contribution in [3.05, 3.63) is 52.1 Å². The summed E-state index contributed by atoms with van der Waals surface area (Å²) in [6.45, 7) is 2.14. The number of hydrogen-bond donors (Lipinski definition) is 0. The lowest BCUT2D eigenvalue weighted by atomic mass is 10.1. The lowest BCUT2D eigenvalue weighted by molar-refractivity contribution is -0.384. The highest BCUT2D eigenvalue weighted by Gasteiger charge is 2.25. The second-order valence-corrected chi connectivity index (χ2v) is 5.94. The summed E-state index contributed by atoms with van der Waals surface area (Å²) in [5, 5.41) is 11.2. The van der Waals surface area contributed by atoms with Crippen molar-refractivity contribution in [2.45, 2.75) is 0 Å². The Morgan fingerprint density at radius 2 is 1.75 bits per heavy atom. The average Bonchev–Trinajstić information content (AvgIpc) is 2.73. The molecule has 1 saturated heterocycles. The van der Waals surface area contributed by atoms with Crippen molar-refractivity contribution < 1.29 is 28.7 Å². The molecular formula is C19H20N2O7. The number of para-hydroxylation sites is 1. The van der Waals surface area contributed by atoms with E-state index in [1.807, 2.05) is 4.90 Å². The number of ether oxygens (including phenoxy) is 4. The Balaban J connectivity index is 2.00. The van der Waals surface area contributed by atoms with Gasteiger partial charge in [-0.1, -0.05) is 6.07 Å². The van der Waals surface area contributed by atoms with Crippen LogP contribution in [0.15, 0.2) is 36.4 Å². The normalized spacial score (nSPS) is 13.7. The second kappa shape index (κ2) is 8.57. The molecule has 1 fully saturated rings. The van der Waals surface area contributed by atoms with Crippen LogP contribution < -0.4 is 19.1 Å². The number of nitrogens with zero attached hydrogens (tertiary/aromatic N) is 2. The summed E-state index contributed by atoms with van der Waals surface area (Å²) >= 11 is 0. The standard InChI is InChI=1S/C19H20N2O7/c1-25-16-4-3-5-17(26-2)18(16)28-19(22)14-12-13(21(23)24)6-7-15(14)20-8-10-27-11-9-20/h3-7,12H,8-11H2,1-2H3. The van der Waals surface area contributed by atoms with Crippen LogP contribution in [0.5, 0.6) is 17.2 Å². The van der Waals surface area contributed by atoms with Gasteiger partial charge in [0.15, 0.2) is 11.5 Å². The molecule has 2 aromatic carbocycles. The minimum absolute atomic E-state index is 0.0871. The number of carbonyl (C=O) groups excluding carboxylic acids is 1. The summed E-state index contributed by atoms with van der Waals surface area (Å²) in [6, 6.07) is 9.09. The van der Waals surface area contributed by atoms with Crippen molar-refractivity contribution in [3.63, 3.8) is 0 Å². The van der Waals surface area contributed by atoms with Gasteiger partial charge in [-0.3, -0.25) is 10.1 Å². The molecule has 148 valence electrons. The number of nitro benzene ring substituents is 1. The lowest BCUT2D eigenvalue weighted by Crippen LogP contribution is -2.37. The van der Waals surface area contributed by atoms with E-state index in [2.05, 4.69) is 0 Å². The molecule has 0 bridgehead atoms. The SMILES string of the molecule is COc1cccc(OC)c1OC(=O)c1cc([N+](=O)[O-])ccc1N1CCOCC1. The summed E-state index contributed by atoms with van der Waals surface area (Å²) < 4.78 is 21.4. The van der Waals surface area contributed by atoms with Crippen LogP contribution in [0.4, 0.5) is 11.4 Å². The first-order valence-corrected chi connectivity index (χ1v) is 8.59. The van der Waals surface area contributed by atoms with E-state index in [-0.39, 0.29) is 17.0 Å². The molecule has 1 aliphatic heterocycles. The van der Waals surface area contributed by atoms with Crippen LogP contribution in [0.1, 0.15) is 10.4 Å². The summed E-state index contributed by atoms with van der Waals surface area (Å²) in [5.74, 6) is -0.0120. The van der Waals surface area contributed by atoms with E-state index < -0.39 is 10.9 Å². The molecule has 9 heteroatoms. The van der Waals surface area contributed by atoms with E-state index in [4.69, 9.17) is 18.9 Å². The van der Waals surface area contributed by atoms with Crippen LogP contribution in [-0.2, 0) is 4.74 Å². The highest BCUT2D eigenvalue weighted by atomic mass is 16.6. The van der Waals surface area contributed by atoms with E-state index in [1.165, 1.54) is 26.4 Å². The Bertz CT molecular complexity index is 856. The number of non-ortho nitro benzene ring substituents is 1. The summed E-state index contributed by atoms with van der Waals surface area (Å²) in [5.41, 5.74) is 0.438. The number of carbonyl (C=O) groups is 1. The molecule has 9 nitrogen and oxygen atoms in total. The summed E-state index contributed by atoms with van der Waals surface area (Å²) in [4.78, 5) is 25.6. The molecule has 0 aliphatic carbocycles. The van der Waals surface area contributed by atoms with Gasteiger partial charge in [0.05, 0.1) is 43.6 Å². The monoisotopic (exact) mass is 388 g/mol. The maximum atomic E-state index is 13.0. The van der Waals surface area contributed by atoms with Crippen molar-refractivity contribution in [1.82, 2.24) is 0 Å². The molecule has 0 N–H and O–H groups in total. The van der Waals surface area contributed by atoms with Crippen molar-refractivity contribution in [2.24, 2.45) is 0 Å². The molecule has 3 rings (SSSR count). The van der Waals surface area contributed by atoms with Gasteiger partial charge in [0.1, 0.15) is 0 Å². The zero-order valence-electron chi connectivity index (χ0n) is 15.5. The van der Waals surface area contributed by atoms with Gasteiger partial charge in [-0.25, -0.2) is 4.79 Å². The first-order valence-electron chi connectivity index (χ1n) is 8.59. The third kappa shape index (κ3) is 3.99. The lowest BCUT2D eigenvalue weighted by Gasteiger charge is -2.30. The van der Waals surface area contributed by atoms with Gasteiger partial charge in [0.25, 0.3) is 5.69 Å². The fraction of sp³-hybridized carbons (Fsp3) is 0.316. The Morgan fingerprint density at radius 1 is 1.11 bits per heavy atom. The topological polar surface area (TPSA) is 100 Å². The maximum absolute atomic E-state index is 13.0. The van der Waals surface area contributed by atoms with Crippen LogP contribution in [0.25, 0.3) is 0 Å². The third-order valence-corrected chi connectivity index (χ3v) is 4.34. The van der Waals surface area contributed by atoms with Crippen LogP contribution in [-0.4, -0.2) is 51.4 Å². The van der Waals surface area contributed by atoms with Gasteiger partial charge in [-0.15, -0.1) is 0 Å². The van der Waals surface area contributed by atoms with Crippen LogP contribution >= 0.6 is 0 Å². The molecule has 2 aromatic rings. The molecule has 0 unspecified atom stereocenters. The number of methoxy groups -OCH3 is 2. The summed E-state index contributed by atoms with van der Waals surface area (Å²) in [6.07, 6.45) is 0. The molecule has 1 aliphatic rings. The highest BCUT2D eigenvalue weighted by Crippen LogP contribution is 2.38. The van der Waals surface area contributed by atoms with E-state index in [0.29, 0.717) is 43.5 Å². The number of hydrogen-bond acceptors (Lipinski definition) is 8. The minimum atomic E-state index is -0.743. The van der Waals surface area contributed by atoms with Gasteiger partial charge in [-0.2, -0.15) is 0 Å². The maximum Gasteiger partial charge on any atom is 0.346 e. The van der Waals surface area contributed by atoms with Crippen molar-refractivity contribution in [2.75, 3.05) is 45.4 Å². The van der Waals surface area contributed by atoms with Crippen molar-refractivity contribution in [1.29, 1.82) is 0 Å². The van der Waals surface area contributed by atoms with Gasteiger partial charge >= 0.3 is 5.97 Å². The number of anilines is 1. The predicted molar refractivity (Wildman–Crippen MR) is 101 cm³/mol. The van der Waals surface area contributed by atoms with E-state index >= 15 is 0 Å². The number of esters is 1. The number of morpholine rings is 1. The smallest absolute Gasteiger partial charge is 0.346 e. The van der Waals surface area contributed by atoms with E-state index in [0.717, 1.165) is 0 Å². The first kappa shape index (κ1) is 19.4. The molecule has 0 spiro atoms. The van der Waals surface area contributed by atoms with E-state index in [9.17, 15) is 14.9 Å². The number of nitro groups is 1. The van der Waals surface area contributed by atoms with Gasteiger partial charge in [0.2, 0.25) is 5.75 Å². The number of benzene rings is 2. The third-order valence-electron chi connectivity index (χ3n) is 4.34. The fourth-order valence-electron chi connectivity index (χ4n) is 2.95. The highest BCUT2D eigenvalue weighted by molar-refractivity contribution is 5.98. The molecular weight excluding hydrogens is 368 g/mol. The van der Waals surface area contributed by atoms with Crippen molar-refractivity contribution in [3.8, 4) is 17.2 Å². The zero-order chi connectivity index (χ0) is 20.1. The molecule has 0 saturated carbocycles. The zero-order valence-corrected chi connectivity index (χ0v) is 15.5. The van der Waals surface area contributed by atoms with Crippen LogP contribution in [0.2, 0.25) is 0 Å². The molecule has 0 aromatic heterocycles. The molecule has 0 radical (unpaired) electrons. The Kier molecular flexibility index (Phi) is 5.95. The Hall–Kier alpha value is -3.33. The largest absolute Gasteiger partial charge is 0.493 e. The first-order chi connectivity index (χ1) is 13.5. The quantitative estimate of drug-likeness (QED) is 0.322. The summed E-state index contributed by atoms with van der Waals surface area (Å²) in [7, 11) is 2.89. The molecule has 28 heavy (non-hydrogen) atoms. The van der Waals surface area contributed by atoms with Crippen LogP contribution in [0, 0.1) is 10.1 Å². The molecule has 1 heterocycles. The van der Waals surface area contributed by atoms with Gasteiger partial charge in [0, 0.05) is 25.2 Å². The van der Waals surface area contributed by atoms with Crippen molar-refractivity contribution >= 4 is 17.3 Å². The van der Waals surface area contributed by atoms with Gasteiger partial charge in [-0.05, 0) is 18.2 Å². The van der Waals surface area contributed by atoms with E-state index in [1.54, 1.807) is 24.3 Å². The van der Waals surface area contributed by atoms with Crippen LogP contribution in [0.3, 0.4) is 0 Å². The minimum Gasteiger partial charge on any atom is -0.493 e. The Labute approximate surface area is 161 Å².